The van der Waals surface area contributed by atoms with Crippen LogP contribution in [-0.4, -0.2) is 40.6 Å². The minimum Gasteiger partial charge on any atom is -0.393 e. The van der Waals surface area contributed by atoms with Gasteiger partial charge < -0.3 is 15.0 Å². The summed E-state index contributed by atoms with van der Waals surface area (Å²) in [6.07, 6.45) is 3.95. The minimum absolute atomic E-state index is 0.119. The molecule has 1 saturated carbocycles. The number of aromatic amines is 1. The number of halogens is 1. The largest absolute Gasteiger partial charge is 0.393 e. The number of carbonyl (C=O) groups excluding carboxylic acids is 1. The monoisotopic (exact) mass is 290 g/mol. The van der Waals surface area contributed by atoms with E-state index in [2.05, 4.69) is 4.98 Å². The number of aliphatic hydroxyl groups excluding tert-OH is 1. The fourth-order valence-electron chi connectivity index (χ4n) is 3.18. The maximum absolute atomic E-state index is 13.9. The van der Waals surface area contributed by atoms with Gasteiger partial charge in [0.15, 0.2) is 0 Å². The Morgan fingerprint density at radius 2 is 2.29 bits per heavy atom. The SMILES string of the molecule is CN(CC1CCCC1O)C(=O)c1c[nH]c2cccc(F)c12. The van der Waals surface area contributed by atoms with E-state index >= 15 is 0 Å². The molecule has 21 heavy (non-hydrogen) atoms. The lowest BCUT2D eigenvalue weighted by Gasteiger charge is -2.23. The molecule has 2 unspecified atom stereocenters. The summed E-state index contributed by atoms with van der Waals surface area (Å²) in [5.41, 5.74) is 0.964. The summed E-state index contributed by atoms with van der Waals surface area (Å²) < 4.78 is 13.9. The van der Waals surface area contributed by atoms with Gasteiger partial charge in [0, 0.05) is 36.6 Å². The van der Waals surface area contributed by atoms with Crippen molar-refractivity contribution in [1.29, 1.82) is 0 Å². The molecule has 2 N–H and O–H groups in total. The second-order valence-corrected chi connectivity index (χ2v) is 5.81. The van der Waals surface area contributed by atoms with Gasteiger partial charge in [0.1, 0.15) is 5.82 Å². The van der Waals surface area contributed by atoms with E-state index in [1.54, 1.807) is 30.3 Å². The molecule has 1 aromatic carbocycles. The number of nitrogens with one attached hydrogen (secondary N) is 1. The molecule has 1 aromatic heterocycles. The van der Waals surface area contributed by atoms with Gasteiger partial charge in [0.05, 0.1) is 11.7 Å². The van der Waals surface area contributed by atoms with Crippen LogP contribution in [0.4, 0.5) is 4.39 Å². The molecule has 0 bridgehead atoms. The summed E-state index contributed by atoms with van der Waals surface area (Å²) in [5.74, 6) is -0.495. The van der Waals surface area contributed by atoms with Crippen molar-refractivity contribution < 1.29 is 14.3 Å². The summed E-state index contributed by atoms with van der Waals surface area (Å²) in [6, 6.07) is 4.71. The van der Waals surface area contributed by atoms with Gasteiger partial charge in [-0.05, 0) is 25.0 Å². The van der Waals surface area contributed by atoms with Gasteiger partial charge in [-0.3, -0.25) is 4.79 Å². The van der Waals surface area contributed by atoms with Gasteiger partial charge in [-0.1, -0.05) is 12.5 Å². The first-order valence-corrected chi connectivity index (χ1v) is 7.27. The van der Waals surface area contributed by atoms with Crippen LogP contribution in [0.1, 0.15) is 29.6 Å². The Hall–Kier alpha value is -1.88. The van der Waals surface area contributed by atoms with Gasteiger partial charge >= 0.3 is 0 Å². The van der Waals surface area contributed by atoms with Crippen molar-refractivity contribution >= 4 is 16.8 Å². The number of hydrogen-bond acceptors (Lipinski definition) is 2. The summed E-state index contributed by atoms with van der Waals surface area (Å²) in [5, 5.41) is 10.2. The number of aliphatic hydroxyl groups is 1. The first-order valence-electron chi connectivity index (χ1n) is 7.27. The summed E-state index contributed by atoms with van der Waals surface area (Å²) >= 11 is 0. The van der Waals surface area contributed by atoms with E-state index in [9.17, 15) is 14.3 Å². The molecule has 0 spiro atoms. The number of hydrogen-bond donors (Lipinski definition) is 2. The zero-order chi connectivity index (χ0) is 15.0. The standard InChI is InChI=1S/C16H19FN2O2/c1-19(9-10-4-2-7-14(10)20)16(21)11-8-18-13-6-3-5-12(17)15(11)13/h3,5-6,8,10,14,18,20H,2,4,7,9H2,1H3. The third-order valence-corrected chi connectivity index (χ3v) is 4.36. The fraction of sp³-hybridized carbons (Fsp3) is 0.438. The van der Waals surface area contributed by atoms with Crippen molar-refractivity contribution in [2.24, 2.45) is 5.92 Å². The predicted molar refractivity (Wildman–Crippen MR) is 78.6 cm³/mol. The van der Waals surface area contributed by atoms with Crippen molar-refractivity contribution in [3.8, 4) is 0 Å². The third kappa shape index (κ3) is 2.53. The molecule has 1 aliphatic rings. The number of aromatic nitrogens is 1. The van der Waals surface area contributed by atoms with E-state index in [1.165, 1.54) is 6.07 Å². The molecular weight excluding hydrogens is 271 g/mol. The van der Waals surface area contributed by atoms with Gasteiger partial charge in [-0.2, -0.15) is 0 Å². The quantitative estimate of drug-likeness (QED) is 0.912. The number of nitrogens with zero attached hydrogens (tertiary/aromatic N) is 1. The molecule has 0 saturated heterocycles. The normalized spacial score (nSPS) is 21.9. The highest BCUT2D eigenvalue weighted by Crippen LogP contribution is 2.27. The van der Waals surface area contributed by atoms with Crippen LogP contribution in [-0.2, 0) is 0 Å². The van der Waals surface area contributed by atoms with E-state index in [0.29, 0.717) is 23.0 Å². The van der Waals surface area contributed by atoms with Crippen LogP contribution < -0.4 is 0 Å². The van der Waals surface area contributed by atoms with Gasteiger partial charge in [0.2, 0.25) is 0 Å². The Labute approximate surface area is 122 Å². The van der Waals surface area contributed by atoms with Crippen molar-refractivity contribution in [1.82, 2.24) is 9.88 Å². The summed E-state index contributed by atoms with van der Waals surface area (Å²) in [4.78, 5) is 17.0. The molecule has 0 radical (unpaired) electrons. The van der Waals surface area contributed by atoms with Crippen LogP contribution in [0.15, 0.2) is 24.4 Å². The molecule has 1 heterocycles. The predicted octanol–water partition coefficient (Wildman–Crippen LogP) is 2.54. The Morgan fingerprint density at radius 1 is 1.48 bits per heavy atom. The zero-order valence-electron chi connectivity index (χ0n) is 12.0. The molecule has 1 fully saturated rings. The van der Waals surface area contributed by atoms with E-state index in [4.69, 9.17) is 0 Å². The molecule has 2 aromatic rings. The third-order valence-electron chi connectivity index (χ3n) is 4.36. The molecule has 5 heteroatoms. The van der Waals surface area contributed by atoms with E-state index in [1.807, 2.05) is 0 Å². The van der Waals surface area contributed by atoms with Crippen molar-refractivity contribution in [2.75, 3.05) is 13.6 Å². The lowest BCUT2D eigenvalue weighted by Crippen LogP contribution is -2.34. The Kier molecular flexibility index (Phi) is 3.68. The Bertz CT molecular complexity index is 667. The Morgan fingerprint density at radius 3 is 3.00 bits per heavy atom. The van der Waals surface area contributed by atoms with Crippen LogP contribution in [0.3, 0.4) is 0 Å². The summed E-state index contributed by atoms with van der Waals surface area (Å²) in [7, 11) is 1.70. The fourth-order valence-corrected chi connectivity index (χ4v) is 3.18. The second-order valence-electron chi connectivity index (χ2n) is 5.81. The van der Waals surface area contributed by atoms with E-state index < -0.39 is 5.82 Å². The van der Waals surface area contributed by atoms with Crippen molar-refractivity contribution in [2.45, 2.75) is 25.4 Å². The topological polar surface area (TPSA) is 56.3 Å². The molecule has 4 nitrogen and oxygen atoms in total. The Balaban J connectivity index is 1.83. The van der Waals surface area contributed by atoms with Crippen LogP contribution >= 0.6 is 0 Å². The highest BCUT2D eigenvalue weighted by atomic mass is 19.1. The lowest BCUT2D eigenvalue weighted by atomic mass is 10.0. The van der Waals surface area contributed by atoms with Crippen molar-refractivity contribution in [3.63, 3.8) is 0 Å². The number of benzene rings is 1. The number of carbonyl (C=O) groups is 1. The van der Waals surface area contributed by atoms with Gasteiger partial charge in [-0.25, -0.2) is 4.39 Å². The maximum atomic E-state index is 13.9. The zero-order valence-corrected chi connectivity index (χ0v) is 12.0. The second kappa shape index (κ2) is 5.48. The van der Waals surface area contributed by atoms with Gasteiger partial charge in [-0.15, -0.1) is 0 Å². The first-order chi connectivity index (χ1) is 10.1. The lowest BCUT2D eigenvalue weighted by molar-refractivity contribution is 0.0695. The maximum Gasteiger partial charge on any atom is 0.255 e. The molecule has 3 rings (SSSR count). The number of fused-ring (bicyclic) bond motifs is 1. The number of rotatable bonds is 3. The number of amides is 1. The molecule has 0 aliphatic heterocycles. The molecule has 112 valence electrons. The first kappa shape index (κ1) is 14.1. The highest BCUT2D eigenvalue weighted by Gasteiger charge is 2.28. The molecular formula is C16H19FN2O2. The van der Waals surface area contributed by atoms with Crippen LogP contribution in [0, 0.1) is 11.7 Å². The smallest absolute Gasteiger partial charge is 0.255 e. The summed E-state index contributed by atoms with van der Waals surface area (Å²) in [6.45, 7) is 0.501. The van der Waals surface area contributed by atoms with Crippen LogP contribution in [0.2, 0.25) is 0 Å². The van der Waals surface area contributed by atoms with E-state index in [0.717, 1.165) is 19.3 Å². The average Bonchev–Trinajstić information content (AvgIpc) is 3.06. The highest BCUT2D eigenvalue weighted by molar-refractivity contribution is 6.06. The number of H-pyrrole nitrogens is 1. The average molecular weight is 290 g/mol. The van der Waals surface area contributed by atoms with Crippen molar-refractivity contribution in [3.05, 3.63) is 35.8 Å². The van der Waals surface area contributed by atoms with Crippen LogP contribution in [0.5, 0.6) is 0 Å². The van der Waals surface area contributed by atoms with E-state index in [-0.39, 0.29) is 17.9 Å². The molecule has 2 atom stereocenters. The van der Waals surface area contributed by atoms with Gasteiger partial charge in [0.25, 0.3) is 5.91 Å². The van der Waals surface area contributed by atoms with Crippen LogP contribution in [0.25, 0.3) is 10.9 Å². The molecule has 1 aliphatic carbocycles. The minimum atomic E-state index is -0.397. The molecule has 1 amide bonds.